The number of hydrogen-bond donors (Lipinski definition) is 1. The number of rotatable bonds is 6. The first kappa shape index (κ1) is 17.3. The van der Waals surface area contributed by atoms with E-state index in [0.717, 1.165) is 18.7 Å². The predicted octanol–water partition coefficient (Wildman–Crippen LogP) is 1.29. The van der Waals surface area contributed by atoms with Gasteiger partial charge in [-0.05, 0) is 29.8 Å². The number of ether oxygens (including phenoxy) is 2. The SMILES string of the molecule is COc1ncccc1C(=O)NCC(c1ccncc1)N1CCOCC1. The van der Waals surface area contributed by atoms with Gasteiger partial charge in [-0.15, -0.1) is 0 Å². The molecule has 1 amide bonds. The van der Waals surface area contributed by atoms with Crippen LogP contribution in [-0.2, 0) is 4.74 Å². The standard InChI is InChI=1S/C18H22N4O3/c1-24-18-15(3-2-6-20-18)17(23)21-13-16(14-4-7-19-8-5-14)22-9-11-25-12-10-22/h2-8,16H,9-13H2,1H3,(H,21,23). The van der Waals surface area contributed by atoms with E-state index in [0.29, 0.717) is 31.2 Å². The Morgan fingerprint density at radius 2 is 2.04 bits per heavy atom. The van der Waals surface area contributed by atoms with Crippen LogP contribution in [0.5, 0.6) is 5.88 Å². The minimum atomic E-state index is -0.197. The summed E-state index contributed by atoms with van der Waals surface area (Å²) in [6.45, 7) is 3.55. The highest BCUT2D eigenvalue weighted by Gasteiger charge is 2.24. The second-order valence-corrected chi connectivity index (χ2v) is 5.71. The molecule has 2 aromatic heterocycles. The zero-order valence-corrected chi connectivity index (χ0v) is 14.2. The molecule has 1 N–H and O–H groups in total. The number of carbonyl (C=O) groups is 1. The number of pyridine rings is 2. The van der Waals surface area contributed by atoms with E-state index in [2.05, 4.69) is 20.2 Å². The van der Waals surface area contributed by atoms with Crippen molar-refractivity contribution in [1.82, 2.24) is 20.2 Å². The van der Waals surface area contributed by atoms with Crippen LogP contribution in [0.3, 0.4) is 0 Å². The van der Waals surface area contributed by atoms with Crippen molar-refractivity contribution >= 4 is 5.91 Å². The maximum Gasteiger partial charge on any atom is 0.256 e. The molecule has 132 valence electrons. The van der Waals surface area contributed by atoms with Gasteiger partial charge < -0.3 is 14.8 Å². The van der Waals surface area contributed by atoms with Gasteiger partial charge in [-0.3, -0.25) is 14.7 Å². The van der Waals surface area contributed by atoms with Crippen molar-refractivity contribution in [2.75, 3.05) is 40.0 Å². The molecule has 3 rings (SSSR count). The maximum atomic E-state index is 12.6. The van der Waals surface area contributed by atoms with E-state index < -0.39 is 0 Å². The monoisotopic (exact) mass is 342 g/mol. The summed E-state index contributed by atoms with van der Waals surface area (Å²) >= 11 is 0. The average Bonchev–Trinajstić information content (AvgIpc) is 2.69. The van der Waals surface area contributed by atoms with Gasteiger partial charge >= 0.3 is 0 Å². The van der Waals surface area contributed by atoms with Crippen LogP contribution in [0.1, 0.15) is 22.0 Å². The summed E-state index contributed by atoms with van der Waals surface area (Å²) in [5, 5.41) is 3.01. The first-order valence-corrected chi connectivity index (χ1v) is 8.28. The summed E-state index contributed by atoms with van der Waals surface area (Å²) in [6, 6.07) is 7.46. The molecule has 1 atom stereocenters. The van der Waals surface area contributed by atoms with Crippen LogP contribution >= 0.6 is 0 Å². The van der Waals surface area contributed by atoms with E-state index in [-0.39, 0.29) is 11.9 Å². The van der Waals surface area contributed by atoms with Gasteiger partial charge in [0.1, 0.15) is 5.56 Å². The van der Waals surface area contributed by atoms with Gasteiger partial charge in [0, 0.05) is 38.2 Å². The van der Waals surface area contributed by atoms with Crippen molar-refractivity contribution < 1.29 is 14.3 Å². The fourth-order valence-electron chi connectivity index (χ4n) is 2.94. The Hall–Kier alpha value is -2.51. The van der Waals surface area contributed by atoms with Gasteiger partial charge in [-0.25, -0.2) is 4.98 Å². The molecule has 0 saturated carbocycles. The Balaban J connectivity index is 1.73. The number of nitrogens with zero attached hydrogens (tertiary/aromatic N) is 3. The number of amides is 1. The molecule has 0 spiro atoms. The van der Waals surface area contributed by atoms with Crippen molar-refractivity contribution in [2.45, 2.75) is 6.04 Å². The smallest absolute Gasteiger partial charge is 0.256 e. The molecule has 2 aromatic rings. The van der Waals surface area contributed by atoms with E-state index in [4.69, 9.17) is 9.47 Å². The quantitative estimate of drug-likeness (QED) is 0.852. The van der Waals surface area contributed by atoms with E-state index in [9.17, 15) is 4.79 Å². The first-order valence-electron chi connectivity index (χ1n) is 8.28. The fourth-order valence-corrected chi connectivity index (χ4v) is 2.94. The maximum absolute atomic E-state index is 12.6. The molecule has 1 aliphatic rings. The number of carbonyl (C=O) groups excluding carboxylic acids is 1. The third-order valence-electron chi connectivity index (χ3n) is 4.24. The summed E-state index contributed by atoms with van der Waals surface area (Å²) in [5.41, 5.74) is 1.55. The van der Waals surface area contributed by atoms with E-state index >= 15 is 0 Å². The molecule has 0 radical (unpaired) electrons. The highest BCUT2D eigenvalue weighted by atomic mass is 16.5. The molecule has 0 aliphatic carbocycles. The van der Waals surface area contributed by atoms with Crippen LogP contribution in [0, 0.1) is 0 Å². The van der Waals surface area contributed by atoms with Crippen LogP contribution in [0.15, 0.2) is 42.9 Å². The molecular formula is C18H22N4O3. The lowest BCUT2D eigenvalue weighted by molar-refractivity contribution is 0.0162. The van der Waals surface area contributed by atoms with Crippen molar-refractivity contribution in [2.24, 2.45) is 0 Å². The third-order valence-corrected chi connectivity index (χ3v) is 4.24. The van der Waals surface area contributed by atoms with Gasteiger partial charge in [0.15, 0.2) is 0 Å². The summed E-state index contributed by atoms with van der Waals surface area (Å²) in [5.74, 6) is 0.129. The Morgan fingerprint density at radius 3 is 2.76 bits per heavy atom. The number of methoxy groups -OCH3 is 1. The molecule has 25 heavy (non-hydrogen) atoms. The zero-order chi connectivity index (χ0) is 17.5. The second-order valence-electron chi connectivity index (χ2n) is 5.71. The van der Waals surface area contributed by atoms with Crippen molar-refractivity contribution in [3.8, 4) is 5.88 Å². The molecule has 3 heterocycles. The minimum Gasteiger partial charge on any atom is -0.480 e. The highest BCUT2D eigenvalue weighted by Crippen LogP contribution is 2.21. The van der Waals surface area contributed by atoms with E-state index in [1.54, 1.807) is 30.7 Å². The first-order chi connectivity index (χ1) is 12.3. The van der Waals surface area contributed by atoms with Crippen molar-refractivity contribution in [3.05, 3.63) is 54.0 Å². The summed E-state index contributed by atoms with van der Waals surface area (Å²) in [6.07, 6.45) is 5.15. The zero-order valence-electron chi connectivity index (χ0n) is 14.2. The lowest BCUT2D eigenvalue weighted by Gasteiger charge is -2.34. The topological polar surface area (TPSA) is 76.6 Å². The number of aromatic nitrogens is 2. The Labute approximate surface area is 147 Å². The summed E-state index contributed by atoms with van der Waals surface area (Å²) in [4.78, 5) is 23.0. The molecule has 1 aliphatic heterocycles. The lowest BCUT2D eigenvalue weighted by Crippen LogP contribution is -2.43. The summed E-state index contributed by atoms with van der Waals surface area (Å²) in [7, 11) is 1.51. The lowest BCUT2D eigenvalue weighted by atomic mass is 10.1. The summed E-state index contributed by atoms with van der Waals surface area (Å²) < 4.78 is 10.6. The molecule has 0 aromatic carbocycles. The molecule has 7 heteroatoms. The molecule has 1 saturated heterocycles. The normalized spacial score (nSPS) is 16.2. The van der Waals surface area contributed by atoms with Crippen LogP contribution in [0.4, 0.5) is 0 Å². The van der Waals surface area contributed by atoms with Crippen molar-refractivity contribution in [1.29, 1.82) is 0 Å². The van der Waals surface area contributed by atoms with Gasteiger partial charge in [0.05, 0.1) is 26.4 Å². The van der Waals surface area contributed by atoms with Gasteiger partial charge in [-0.1, -0.05) is 0 Å². The van der Waals surface area contributed by atoms with Gasteiger partial charge in [0.2, 0.25) is 5.88 Å². The third kappa shape index (κ3) is 4.32. The Morgan fingerprint density at radius 1 is 1.28 bits per heavy atom. The fraction of sp³-hybridized carbons (Fsp3) is 0.389. The van der Waals surface area contributed by atoms with Crippen LogP contribution in [0.25, 0.3) is 0 Å². The molecule has 1 unspecified atom stereocenters. The predicted molar refractivity (Wildman–Crippen MR) is 92.5 cm³/mol. The number of nitrogens with one attached hydrogen (secondary N) is 1. The van der Waals surface area contributed by atoms with Gasteiger partial charge in [-0.2, -0.15) is 0 Å². The van der Waals surface area contributed by atoms with Crippen LogP contribution in [0.2, 0.25) is 0 Å². The molecule has 1 fully saturated rings. The Bertz CT molecular complexity index is 690. The highest BCUT2D eigenvalue weighted by molar-refractivity contribution is 5.96. The Kier molecular flexibility index (Phi) is 5.92. The van der Waals surface area contributed by atoms with Crippen LogP contribution in [-0.4, -0.2) is 60.7 Å². The molecule has 0 bridgehead atoms. The van der Waals surface area contributed by atoms with E-state index in [1.165, 1.54) is 7.11 Å². The minimum absolute atomic E-state index is 0.0681. The average molecular weight is 342 g/mol. The van der Waals surface area contributed by atoms with Gasteiger partial charge in [0.25, 0.3) is 5.91 Å². The molecular weight excluding hydrogens is 320 g/mol. The van der Waals surface area contributed by atoms with E-state index in [1.807, 2.05) is 12.1 Å². The number of morpholine rings is 1. The largest absolute Gasteiger partial charge is 0.480 e. The second kappa shape index (κ2) is 8.55. The number of hydrogen-bond acceptors (Lipinski definition) is 6. The van der Waals surface area contributed by atoms with Crippen LogP contribution < -0.4 is 10.1 Å². The van der Waals surface area contributed by atoms with Crippen molar-refractivity contribution in [3.63, 3.8) is 0 Å². The molecule has 7 nitrogen and oxygen atoms in total.